The van der Waals surface area contributed by atoms with Gasteiger partial charge in [-0.15, -0.1) is 0 Å². The van der Waals surface area contributed by atoms with E-state index in [-0.39, 0.29) is 5.97 Å². The normalized spacial score (nSPS) is 10.8. The zero-order chi connectivity index (χ0) is 14.7. The highest BCUT2D eigenvalue weighted by Crippen LogP contribution is 2.36. The van der Waals surface area contributed by atoms with Gasteiger partial charge in [0.15, 0.2) is 5.76 Å². The molecule has 2 rings (SSSR count). The molecule has 0 aliphatic rings. The van der Waals surface area contributed by atoms with Crippen LogP contribution in [-0.2, 0) is 16.0 Å². The number of ether oxygens (including phenoxy) is 2. The van der Waals surface area contributed by atoms with Gasteiger partial charge in [-0.05, 0) is 35.0 Å². The van der Waals surface area contributed by atoms with Gasteiger partial charge < -0.3 is 18.5 Å². The summed E-state index contributed by atoms with van der Waals surface area (Å²) < 4.78 is 18.1. The molecule has 0 aromatic carbocycles. The molecule has 5 nitrogen and oxygen atoms in total. The second-order valence-electron chi connectivity index (χ2n) is 4.24. The molecule has 20 heavy (non-hydrogen) atoms. The summed E-state index contributed by atoms with van der Waals surface area (Å²) in [6, 6.07) is 3.66. The van der Waals surface area contributed by atoms with Gasteiger partial charge in [0.1, 0.15) is 0 Å². The summed E-state index contributed by atoms with van der Waals surface area (Å²) in [5, 5.41) is 0. The Kier molecular flexibility index (Phi) is 4.67. The van der Waals surface area contributed by atoms with Crippen LogP contribution in [0.4, 0.5) is 0 Å². The van der Waals surface area contributed by atoms with Crippen LogP contribution in [-0.4, -0.2) is 31.4 Å². The molecule has 0 saturated heterocycles. The Bertz CT molecular complexity index is 601. The van der Waals surface area contributed by atoms with E-state index in [9.17, 15) is 4.79 Å². The first-order valence-electron chi connectivity index (χ1n) is 6.11. The number of carbonyl (C=O) groups excluding carboxylic acids is 1. The summed E-state index contributed by atoms with van der Waals surface area (Å²) in [6.45, 7) is 3.03. The first-order valence-corrected chi connectivity index (χ1v) is 6.90. The maximum atomic E-state index is 11.9. The van der Waals surface area contributed by atoms with Gasteiger partial charge in [-0.1, -0.05) is 0 Å². The van der Waals surface area contributed by atoms with Gasteiger partial charge in [-0.3, -0.25) is 0 Å². The summed E-state index contributed by atoms with van der Waals surface area (Å²) >= 11 is 3.49. The van der Waals surface area contributed by atoms with E-state index in [0.29, 0.717) is 28.9 Å². The molecule has 0 saturated carbocycles. The van der Waals surface area contributed by atoms with Crippen molar-refractivity contribution in [2.75, 3.05) is 20.8 Å². The van der Waals surface area contributed by atoms with Crippen LogP contribution in [0.15, 0.2) is 27.3 Å². The Morgan fingerprint density at radius 2 is 2.20 bits per heavy atom. The van der Waals surface area contributed by atoms with Crippen molar-refractivity contribution in [3.8, 4) is 11.5 Å². The Balaban J connectivity index is 2.61. The van der Waals surface area contributed by atoms with Crippen LogP contribution in [0.2, 0.25) is 0 Å². The Morgan fingerprint density at radius 1 is 1.45 bits per heavy atom. The van der Waals surface area contributed by atoms with E-state index in [2.05, 4.69) is 15.9 Å². The number of furan rings is 1. The molecule has 6 heteroatoms. The summed E-state index contributed by atoms with van der Waals surface area (Å²) in [5.74, 6) is 0.310. The number of aromatic nitrogens is 1. The van der Waals surface area contributed by atoms with Gasteiger partial charge in [-0.2, -0.15) is 0 Å². The summed E-state index contributed by atoms with van der Waals surface area (Å²) in [4.78, 5) is 11.9. The molecule has 0 N–H and O–H groups in total. The average molecular weight is 342 g/mol. The molecular formula is C14H16BrNO4. The van der Waals surface area contributed by atoms with Crippen LogP contribution in [0.1, 0.15) is 16.1 Å². The van der Waals surface area contributed by atoms with Crippen LogP contribution in [0.5, 0.6) is 0 Å². The van der Waals surface area contributed by atoms with Crippen molar-refractivity contribution in [1.82, 2.24) is 4.57 Å². The Morgan fingerprint density at radius 3 is 2.75 bits per heavy atom. The van der Waals surface area contributed by atoms with Gasteiger partial charge in [0.2, 0.25) is 0 Å². The fourth-order valence-corrected chi connectivity index (χ4v) is 3.01. The van der Waals surface area contributed by atoms with Gasteiger partial charge in [-0.25, -0.2) is 4.79 Å². The third kappa shape index (κ3) is 2.53. The minimum atomic E-state index is -0.377. The quantitative estimate of drug-likeness (QED) is 0.783. The van der Waals surface area contributed by atoms with E-state index in [1.165, 1.54) is 7.11 Å². The maximum absolute atomic E-state index is 11.9. The zero-order valence-corrected chi connectivity index (χ0v) is 13.2. The van der Waals surface area contributed by atoms with E-state index < -0.39 is 0 Å². The highest BCUT2D eigenvalue weighted by Gasteiger charge is 2.26. The predicted molar refractivity (Wildman–Crippen MR) is 77.8 cm³/mol. The molecule has 0 amide bonds. The molecule has 108 valence electrons. The summed E-state index contributed by atoms with van der Waals surface area (Å²) in [7, 11) is 3.01. The molecule has 2 heterocycles. The highest BCUT2D eigenvalue weighted by molar-refractivity contribution is 9.10. The number of nitrogens with zero attached hydrogens (tertiary/aromatic N) is 1. The van der Waals surface area contributed by atoms with E-state index >= 15 is 0 Å². The predicted octanol–water partition coefficient (Wildman–Crippen LogP) is 3.25. The van der Waals surface area contributed by atoms with Crippen LogP contribution in [0, 0.1) is 6.92 Å². The topological polar surface area (TPSA) is 53.6 Å². The van der Waals surface area contributed by atoms with Crippen molar-refractivity contribution >= 4 is 21.9 Å². The molecule has 0 atom stereocenters. The first kappa shape index (κ1) is 14.9. The monoisotopic (exact) mass is 341 g/mol. The molecular weight excluding hydrogens is 326 g/mol. The lowest BCUT2D eigenvalue weighted by Gasteiger charge is -2.09. The minimum absolute atomic E-state index is 0.377. The first-order chi connectivity index (χ1) is 9.61. The molecule has 0 aliphatic heterocycles. The van der Waals surface area contributed by atoms with Crippen molar-refractivity contribution in [3.05, 3.63) is 34.1 Å². The van der Waals surface area contributed by atoms with Gasteiger partial charge in [0.05, 0.1) is 35.7 Å². The number of carbonyl (C=O) groups is 1. The number of hydrogen-bond donors (Lipinski definition) is 0. The summed E-state index contributed by atoms with van der Waals surface area (Å²) in [6.07, 6.45) is 1.60. The number of halogens is 1. The number of esters is 1. The van der Waals surface area contributed by atoms with Crippen molar-refractivity contribution in [2.24, 2.45) is 0 Å². The van der Waals surface area contributed by atoms with Crippen molar-refractivity contribution in [2.45, 2.75) is 13.5 Å². The number of rotatable bonds is 5. The third-order valence-electron chi connectivity index (χ3n) is 3.13. The Labute approximate surface area is 125 Å². The molecule has 2 aromatic rings. The molecule has 0 aliphatic carbocycles. The lowest BCUT2D eigenvalue weighted by Crippen LogP contribution is -2.09. The number of hydrogen-bond acceptors (Lipinski definition) is 4. The van der Waals surface area contributed by atoms with Gasteiger partial charge in [0.25, 0.3) is 0 Å². The third-order valence-corrected chi connectivity index (χ3v) is 3.90. The van der Waals surface area contributed by atoms with Gasteiger partial charge >= 0.3 is 5.97 Å². The van der Waals surface area contributed by atoms with E-state index in [1.54, 1.807) is 13.4 Å². The standard InChI is InChI=1S/C14H16BrNO4/c1-9-11(14(17)19-3)12(15)13(10-5-4-7-20-10)16(9)6-8-18-2/h4-5,7H,6,8H2,1-3H3. The average Bonchev–Trinajstić information content (AvgIpc) is 3.03. The highest BCUT2D eigenvalue weighted by atomic mass is 79.9. The van der Waals surface area contributed by atoms with Crippen molar-refractivity contribution in [1.29, 1.82) is 0 Å². The van der Waals surface area contributed by atoms with E-state index in [0.717, 1.165) is 11.4 Å². The van der Waals surface area contributed by atoms with Crippen molar-refractivity contribution in [3.63, 3.8) is 0 Å². The van der Waals surface area contributed by atoms with E-state index in [4.69, 9.17) is 13.9 Å². The number of methoxy groups -OCH3 is 2. The second kappa shape index (κ2) is 6.28. The molecule has 0 spiro atoms. The lowest BCUT2D eigenvalue weighted by molar-refractivity contribution is 0.0598. The van der Waals surface area contributed by atoms with Crippen molar-refractivity contribution < 1.29 is 18.7 Å². The molecule has 0 unspecified atom stereocenters. The van der Waals surface area contributed by atoms with Crippen LogP contribution < -0.4 is 0 Å². The Hall–Kier alpha value is -1.53. The molecule has 0 bridgehead atoms. The molecule has 0 fully saturated rings. The van der Waals surface area contributed by atoms with Crippen LogP contribution in [0.25, 0.3) is 11.5 Å². The van der Waals surface area contributed by atoms with Crippen LogP contribution in [0.3, 0.4) is 0 Å². The molecule has 2 aromatic heterocycles. The largest absolute Gasteiger partial charge is 0.465 e. The van der Waals surface area contributed by atoms with E-state index in [1.807, 2.05) is 23.6 Å². The second-order valence-corrected chi connectivity index (χ2v) is 5.03. The molecule has 0 radical (unpaired) electrons. The fourth-order valence-electron chi connectivity index (χ4n) is 2.15. The smallest absolute Gasteiger partial charge is 0.340 e. The lowest BCUT2D eigenvalue weighted by atomic mass is 10.2. The SMILES string of the molecule is COCCn1c(C)c(C(=O)OC)c(Br)c1-c1ccco1. The fraction of sp³-hybridized carbons (Fsp3) is 0.357. The van der Waals surface area contributed by atoms with Crippen LogP contribution >= 0.6 is 15.9 Å². The maximum Gasteiger partial charge on any atom is 0.340 e. The minimum Gasteiger partial charge on any atom is -0.465 e. The zero-order valence-electron chi connectivity index (χ0n) is 11.6. The summed E-state index contributed by atoms with van der Waals surface area (Å²) in [5.41, 5.74) is 2.13. The van der Waals surface area contributed by atoms with Gasteiger partial charge in [0, 0.05) is 19.3 Å².